The number of imide groups is 1. The van der Waals surface area contributed by atoms with E-state index in [4.69, 9.17) is 11.6 Å². The Bertz CT molecular complexity index is 1100. The number of halogens is 1. The molecule has 2 aliphatic heterocycles. The van der Waals surface area contributed by atoms with Crippen LogP contribution in [-0.2, 0) is 9.59 Å². The largest absolute Gasteiger partial charge is 0.328 e. The van der Waals surface area contributed by atoms with E-state index in [1.54, 1.807) is 6.07 Å². The molecule has 1 saturated carbocycles. The Labute approximate surface area is 191 Å². The predicted octanol–water partition coefficient (Wildman–Crippen LogP) is 3.65. The molecule has 4 amide bonds. The highest BCUT2D eigenvalue weighted by Crippen LogP contribution is 2.45. The number of nitrogens with zero attached hydrogens (tertiary/aromatic N) is 3. The monoisotopic (exact) mass is 452 g/mol. The number of carbonyl (C=O) groups is 3. The predicted molar refractivity (Wildman–Crippen MR) is 124 cm³/mol. The summed E-state index contributed by atoms with van der Waals surface area (Å²) in [6.45, 7) is 4.50. The van der Waals surface area contributed by atoms with Gasteiger partial charge in [0.25, 0.3) is 0 Å². The number of piperazine rings is 1. The second-order valence-electron chi connectivity index (χ2n) is 8.66. The highest BCUT2D eigenvalue weighted by Gasteiger charge is 2.52. The Kier molecular flexibility index (Phi) is 5.18. The van der Waals surface area contributed by atoms with Crippen LogP contribution in [0, 0.1) is 0 Å². The lowest BCUT2D eigenvalue weighted by atomic mass is 10.0. The average molecular weight is 453 g/mol. The van der Waals surface area contributed by atoms with E-state index in [1.165, 1.54) is 4.90 Å². The molecule has 2 aromatic carbocycles. The van der Waals surface area contributed by atoms with Crippen LogP contribution in [0.3, 0.4) is 0 Å². The summed E-state index contributed by atoms with van der Waals surface area (Å²) < 4.78 is 0. The van der Waals surface area contributed by atoms with Crippen molar-refractivity contribution in [3.63, 3.8) is 0 Å². The third-order valence-corrected chi connectivity index (χ3v) is 7.17. The molecule has 32 heavy (non-hydrogen) atoms. The third kappa shape index (κ3) is 3.55. The second kappa shape index (κ2) is 7.90. The van der Waals surface area contributed by atoms with E-state index < -0.39 is 6.03 Å². The van der Waals surface area contributed by atoms with Gasteiger partial charge in [-0.15, -0.1) is 0 Å². The molecule has 7 nitrogen and oxygen atoms in total. The van der Waals surface area contributed by atoms with Gasteiger partial charge < -0.3 is 4.90 Å². The molecule has 3 aliphatic rings. The van der Waals surface area contributed by atoms with E-state index in [2.05, 4.69) is 17.1 Å². The topological polar surface area (TPSA) is 73.0 Å². The molecule has 2 saturated heterocycles. The molecule has 0 unspecified atom stereocenters. The molecule has 0 radical (unpaired) electrons. The van der Waals surface area contributed by atoms with Crippen LogP contribution in [-0.4, -0.2) is 54.5 Å². The molecule has 0 bridgehead atoms. The maximum Gasteiger partial charge on any atom is 0.328 e. The van der Waals surface area contributed by atoms with Crippen LogP contribution in [0.2, 0.25) is 5.02 Å². The molecule has 2 aromatic rings. The summed E-state index contributed by atoms with van der Waals surface area (Å²) in [6, 6.07) is 12.9. The van der Waals surface area contributed by atoms with Gasteiger partial charge in [-0.05, 0) is 43.1 Å². The molecule has 0 aromatic heterocycles. The minimum absolute atomic E-state index is 0.128. The summed E-state index contributed by atoms with van der Waals surface area (Å²) in [6.07, 6.45) is 2.52. The summed E-state index contributed by atoms with van der Waals surface area (Å²) in [7, 11) is 0. The number of benzene rings is 2. The van der Waals surface area contributed by atoms with Crippen molar-refractivity contribution in [2.45, 2.75) is 31.7 Å². The van der Waals surface area contributed by atoms with Gasteiger partial charge in [0, 0.05) is 36.3 Å². The zero-order chi connectivity index (χ0) is 22.5. The van der Waals surface area contributed by atoms with Crippen molar-refractivity contribution in [1.29, 1.82) is 0 Å². The minimum atomic E-state index is -0.464. The summed E-state index contributed by atoms with van der Waals surface area (Å²) in [5, 5.41) is 2.78. The fourth-order valence-corrected chi connectivity index (χ4v) is 5.10. The van der Waals surface area contributed by atoms with Crippen molar-refractivity contribution in [3.8, 4) is 11.1 Å². The lowest BCUT2D eigenvalue weighted by Crippen LogP contribution is -2.57. The molecule has 1 aliphatic carbocycles. The number of rotatable bonds is 4. The number of likely N-dealkylation sites (N-methyl/N-ethyl adjacent to an activating group) is 1. The fourth-order valence-electron chi connectivity index (χ4n) is 4.77. The van der Waals surface area contributed by atoms with E-state index in [-0.39, 0.29) is 23.8 Å². The molecular weight excluding hydrogens is 428 g/mol. The Morgan fingerprint density at radius 3 is 2.44 bits per heavy atom. The standard InChI is InChI=1S/C24H25ClN4O3/c1-2-27-14-21(31)29(15-24(27)11-12-24)17-8-6-16(7-9-17)18-4-3-5-19(22(18)25)28-13-10-20(30)26-23(28)32/h3-9H,2,10-15H2,1H3,(H,26,30,32). The van der Waals surface area contributed by atoms with Gasteiger partial charge in [0.1, 0.15) is 0 Å². The Hall–Kier alpha value is -2.90. The summed E-state index contributed by atoms with van der Waals surface area (Å²) in [5.74, 6) is -0.153. The fraction of sp³-hybridized carbons (Fsp3) is 0.375. The first-order valence-corrected chi connectivity index (χ1v) is 11.4. The van der Waals surface area contributed by atoms with E-state index in [0.29, 0.717) is 23.8 Å². The minimum Gasteiger partial charge on any atom is -0.309 e. The van der Waals surface area contributed by atoms with Crippen molar-refractivity contribution in [2.75, 3.05) is 36.0 Å². The molecule has 1 spiro atoms. The average Bonchev–Trinajstić information content (AvgIpc) is 3.56. The van der Waals surface area contributed by atoms with Gasteiger partial charge in [-0.25, -0.2) is 4.79 Å². The summed E-state index contributed by atoms with van der Waals surface area (Å²) in [4.78, 5) is 42.2. The number of carbonyl (C=O) groups excluding carboxylic acids is 3. The van der Waals surface area contributed by atoms with Gasteiger partial charge >= 0.3 is 6.03 Å². The Morgan fingerprint density at radius 2 is 1.78 bits per heavy atom. The van der Waals surface area contributed by atoms with E-state index >= 15 is 0 Å². The second-order valence-corrected chi connectivity index (χ2v) is 9.04. The van der Waals surface area contributed by atoms with Gasteiger partial charge in [0.2, 0.25) is 11.8 Å². The molecule has 166 valence electrons. The number of amides is 4. The normalized spacial score (nSPS) is 20.6. The number of hydrogen-bond donors (Lipinski definition) is 1. The van der Waals surface area contributed by atoms with Crippen LogP contribution >= 0.6 is 11.6 Å². The van der Waals surface area contributed by atoms with Crippen molar-refractivity contribution >= 4 is 40.8 Å². The van der Waals surface area contributed by atoms with Crippen molar-refractivity contribution in [1.82, 2.24) is 10.2 Å². The first-order valence-electron chi connectivity index (χ1n) is 11.0. The molecule has 8 heteroatoms. The van der Waals surface area contributed by atoms with Gasteiger partial charge in [0.15, 0.2) is 0 Å². The van der Waals surface area contributed by atoms with Gasteiger partial charge in [-0.2, -0.15) is 0 Å². The highest BCUT2D eigenvalue weighted by molar-refractivity contribution is 6.36. The Morgan fingerprint density at radius 1 is 1.03 bits per heavy atom. The highest BCUT2D eigenvalue weighted by atomic mass is 35.5. The van der Waals surface area contributed by atoms with Crippen LogP contribution in [0.1, 0.15) is 26.2 Å². The van der Waals surface area contributed by atoms with Gasteiger partial charge in [0.05, 0.1) is 17.3 Å². The first kappa shape index (κ1) is 21.0. The molecule has 2 heterocycles. The van der Waals surface area contributed by atoms with E-state index in [1.807, 2.05) is 41.3 Å². The van der Waals surface area contributed by atoms with Crippen molar-refractivity contribution < 1.29 is 14.4 Å². The molecule has 3 fully saturated rings. The van der Waals surface area contributed by atoms with Gasteiger partial charge in [-0.3, -0.25) is 24.7 Å². The quantitative estimate of drug-likeness (QED) is 0.768. The van der Waals surface area contributed by atoms with E-state index in [9.17, 15) is 14.4 Å². The van der Waals surface area contributed by atoms with Crippen LogP contribution < -0.4 is 15.1 Å². The first-order chi connectivity index (χ1) is 15.4. The lowest BCUT2D eigenvalue weighted by Gasteiger charge is -2.41. The van der Waals surface area contributed by atoms with Crippen molar-refractivity contribution in [3.05, 3.63) is 47.5 Å². The number of nitrogens with one attached hydrogen (secondary N) is 1. The van der Waals surface area contributed by atoms with Crippen molar-refractivity contribution in [2.24, 2.45) is 0 Å². The molecule has 5 rings (SSSR count). The molecule has 0 atom stereocenters. The van der Waals surface area contributed by atoms with E-state index in [0.717, 1.165) is 42.7 Å². The number of urea groups is 1. The van der Waals surface area contributed by atoms with Crippen LogP contribution in [0.4, 0.5) is 16.2 Å². The summed E-state index contributed by atoms with van der Waals surface area (Å²) in [5.41, 5.74) is 3.30. The van der Waals surface area contributed by atoms with Crippen LogP contribution in [0.15, 0.2) is 42.5 Å². The zero-order valence-corrected chi connectivity index (χ0v) is 18.7. The van der Waals surface area contributed by atoms with Crippen LogP contribution in [0.5, 0.6) is 0 Å². The van der Waals surface area contributed by atoms with Crippen LogP contribution in [0.25, 0.3) is 11.1 Å². The Balaban J connectivity index is 1.40. The molecular formula is C24H25ClN4O3. The maximum absolute atomic E-state index is 12.8. The smallest absolute Gasteiger partial charge is 0.309 e. The number of hydrogen-bond acceptors (Lipinski definition) is 4. The lowest BCUT2D eigenvalue weighted by molar-refractivity contribution is -0.123. The molecule has 1 N–H and O–H groups in total. The van der Waals surface area contributed by atoms with Gasteiger partial charge in [-0.1, -0.05) is 42.8 Å². The third-order valence-electron chi connectivity index (χ3n) is 6.77. The SMILES string of the molecule is CCN1CC(=O)N(c2ccc(-c3cccc(N4CCC(=O)NC4=O)c3Cl)cc2)CC12CC2. The zero-order valence-electron chi connectivity index (χ0n) is 17.9. The summed E-state index contributed by atoms with van der Waals surface area (Å²) >= 11 is 6.69. The maximum atomic E-state index is 12.8. The number of anilines is 2.